The summed E-state index contributed by atoms with van der Waals surface area (Å²) in [5.41, 5.74) is 0. The number of aromatic nitrogens is 1. The van der Waals surface area contributed by atoms with E-state index in [1.165, 1.54) is 19.2 Å². The predicted octanol–water partition coefficient (Wildman–Crippen LogP) is 2.59. The van der Waals surface area contributed by atoms with Gasteiger partial charge in [0.2, 0.25) is 11.8 Å². The van der Waals surface area contributed by atoms with Crippen molar-refractivity contribution >= 4 is 22.6 Å². The molecule has 0 bridgehead atoms. The van der Waals surface area contributed by atoms with Crippen LogP contribution in [0.2, 0.25) is 0 Å². The second-order valence-electron chi connectivity index (χ2n) is 2.19. The van der Waals surface area contributed by atoms with Gasteiger partial charge in [-0.3, -0.25) is 0 Å². The van der Waals surface area contributed by atoms with E-state index in [-0.39, 0.29) is 9.45 Å². The van der Waals surface area contributed by atoms with E-state index in [0.717, 1.165) is 0 Å². The van der Waals surface area contributed by atoms with Crippen molar-refractivity contribution in [2.75, 3.05) is 7.11 Å². The van der Waals surface area contributed by atoms with Crippen LogP contribution in [0.4, 0.5) is 13.2 Å². The predicted molar refractivity (Wildman–Crippen MR) is 50.2 cm³/mol. The smallest absolute Gasteiger partial charge is 0.481 e. The molecule has 1 heterocycles. The Kier molecular flexibility index (Phi) is 3.40. The summed E-state index contributed by atoms with van der Waals surface area (Å²) in [6.45, 7) is 0. The standard InChI is InChI=1S/C7H5F3INO2/c1-13-5-3-2-4(11)6(12-5)14-7(8,9)10/h2-3H,1H3. The van der Waals surface area contributed by atoms with Gasteiger partial charge in [-0.2, -0.15) is 4.98 Å². The summed E-state index contributed by atoms with van der Waals surface area (Å²) in [7, 11) is 1.31. The number of ether oxygens (including phenoxy) is 2. The zero-order valence-corrected chi connectivity index (χ0v) is 9.09. The average molecular weight is 319 g/mol. The van der Waals surface area contributed by atoms with Crippen LogP contribution in [-0.4, -0.2) is 18.5 Å². The van der Waals surface area contributed by atoms with Crippen molar-refractivity contribution in [2.24, 2.45) is 0 Å². The molecule has 1 aromatic heterocycles. The quantitative estimate of drug-likeness (QED) is 0.785. The Morgan fingerprint density at radius 3 is 2.50 bits per heavy atom. The molecule has 0 aliphatic carbocycles. The largest absolute Gasteiger partial charge is 0.574 e. The highest BCUT2D eigenvalue weighted by molar-refractivity contribution is 14.1. The van der Waals surface area contributed by atoms with Gasteiger partial charge in [0.15, 0.2) is 0 Å². The van der Waals surface area contributed by atoms with Gasteiger partial charge in [0.05, 0.1) is 10.7 Å². The van der Waals surface area contributed by atoms with E-state index in [2.05, 4.69) is 14.5 Å². The third-order valence-electron chi connectivity index (χ3n) is 1.21. The third kappa shape index (κ3) is 3.20. The first kappa shape index (κ1) is 11.3. The van der Waals surface area contributed by atoms with E-state index in [1.807, 2.05) is 0 Å². The van der Waals surface area contributed by atoms with Crippen molar-refractivity contribution in [3.63, 3.8) is 0 Å². The fourth-order valence-electron chi connectivity index (χ4n) is 0.701. The van der Waals surface area contributed by atoms with Crippen LogP contribution in [0.1, 0.15) is 0 Å². The molecule has 1 rings (SSSR count). The van der Waals surface area contributed by atoms with Gasteiger partial charge in [-0.1, -0.05) is 0 Å². The molecule has 0 aliphatic rings. The summed E-state index contributed by atoms with van der Waals surface area (Å²) < 4.78 is 44.2. The maximum Gasteiger partial charge on any atom is 0.574 e. The van der Waals surface area contributed by atoms with E-state index >= 15 is 0 Å². The second kappa shape index (κ2) is 4.20. The number of nitrogens with zero attached hydrogens (tertiary/aromatic N) is 1. The fourth-order valence-corrected chi connectivity index (χ4v) is 1.11. The van der Waals surface area contributed by atoms with Crippen LogP contribution >= 0.6 is 22.6 Å². The van der Waals surface area contributed by atoms with Gasteiger partial charge in [0, 0.05) is 6.07 Å². The Morgan fingerprint density at radius 1 is 1.36 bits per heavy atom. The Bertz CT molecular complexity index is 329. The van der Waals surface area contributed by atoms with Crippen LogP contribution in [0.15, 0.2) is 12.1 Å². The van der Waals surface area contributed by atoms with Crippen molar-refractivity contribution in [3.05, 3.63) is 15.7 Å². The summed E-state index contributed by atoms with van der Waals surface area (Å²) in [5.74, 6) is -0.429. The molecule has 7 heteroatoms. The molecule has 0 fully saturated rings. The minimum atomic E-state index is -4.74. The van der Waals surface area contributed by atoms with E-state index in [4.69, 9.17) is 0 Å². The van der Waals surface area contributed by atoms with E-state index < -0.39 is 12.2 Å². The Hall–Kier alpha value is -0.730. The topological polar surface area (TPSA) is 31.4 Å². The van der Waals surface area contributed by atoms with Crippen LogP contribution < -0.4 is 9.47 Å². The van der Waals surface area contributed by atoms with E-state index in [9.17, 15) is 13.2 Å². The SMILES string of the molecule is COc1ccc(I)c(OC(F)(F)F)n1. The van der Waals surface area contributed by atoms with Gasteiger partial charge in [-0.05, 0) is 28.7 Å². The molecule has 0 unspecified atom stereocenters. The maximum atomic E-state index is 11.9. The molecule has 14 heavy (non-hydrogen) atoms. The number of methoxy groups -OCH3 is 1. The first-order valence-electron chi connectivity index (χ1n) is 3.38. The first-order valence-corrected chi connectivity index (χ1v) is 4.46. The van der Waals surface area contributed by atoms with Gasteiger partial charge < -0.3 is 9.47 Å². The van der Waals surface area contributed by atoms with Crippen molar-refractivity contribution in [1.29, 1.82) is 0 Å². The minimum Gasteiger partial charge on any atom is -0.481 e. The highest BCUT2D eigenvalue weighted by atomic mass is 127. The van der Waals surface area contributed by atoms with Crippen LogP contribution in [0, 0.1) is 3.57 Å². The zero-order valence-electron chi connectivity index (χ0n) is 6.93. The molecule has 0 N–H and O–H groups in total. The number of pyridine rings is 1. The van der Waals surface area contributed by atoms with Gasteiger partial charge >= 0.3 is 6.36 Å². The lowest BCUT2D eigenvalue weighted by Crippen LogP contribution is -2.18. The summed E-state index contributed by atoms with van der Waals surface area (Å²) in [5, 5.41) is 0. The molecule has 0 spiro atoms. The van der Waals surface area contributed by atoms with Crippen LogP contribution in [-0.2, 0) is 0 Å². The number of halogens is 4. The summed E-state index contributed by atoms with van der Waals surface area (Å²) in [6, 6.07) is 2.87. The zero-order chi connectivity index (χ0) is 10.8. The number of rotatable bonds is 2. The normalized spacial score (nSPS) is 11.2. The van der Waals surface area contributed by atoms with Crippen LogP contribution in [0.3, 0.4) is 0 Å². The summed E-state index contributed by atoms with van der Waals surface area (Å²) in [4.78, 5) is 3.50. The van der Waals surface area contributed by atoms with Crippen molar-refractivity contribution in [1.82, 2.24) is 4.98 Å². The summed E-state index contributed by atoms with van der Waals surface area (Å²) >= 11 is 1.69. The lowest BCUT2D eigenvalue weighted by atomic mass is 10.5. The minimum absolute atomic E-state index is 0.0738. The van der Waals surface area contributed by atoms with Gasteiger partial charge in [-0.25, -0.2) is 0 Å². The molecular weight excluding hydrogens is 314 g/mol. The molecule has 0 saturated heterocycles. The van der Waals surface area contributed by atoms with Crippen molar-refractivity contribution in [2.45, 2.75) is 6.36 Å². The first-order chi connectivity index (χ1) is 6.42. The van der Waals surface area contributed by atoms with Crippen LogP contribution in [0.5, 0.6) is 11.8 Å². The summed E-state index contributed by atoms with van der Waals surface area (Å²) in [6.07, 6.45) is -4.74. The fraction of sp³-hybridized carbons (Fsp3) is 0.286. The molecule has 0 amide bonds. The van der Waals surface area contributed by atoms with Gasteiger partial charge in [0.25, 0.3) is 0 Å². The number of hydrogen-bond donors (Lipinski definition) is 0. The molecule has 0 atom stereocenters. The second-order valence-corrected chi connectivity index (χ2v) is 3.35. The Balaban J connectivity index is 2.95. The molecule has 3 nitrogen and oxygen atoms in total. The van der Waals surface area contributed by atoms with Gasteiger partial charge in [0.1, 0.15) is 0 Å². The third-order valence-corrected chi connectivity index (χ3v) is 2.03. The van der Waals surface area contributed by atoms with Crippen LogP contribution in [0.25, 0.3) is 0 Å². The molecular formula is C7H5F3INO2. The molecule has 0 aliphatic heterocycles. The molecule has 1 aromatic rings. The van der Waals surface area contributed by atoms with Crippen molar-refractivity contribution in [3.8, 4) is 11.8 Å². The lowest BCUT2D eigenvalue weighted by Gasteiger charge is -2.09. The number of hydrogen-bond acceptors (Lipinski definition) is 3. The maximum absolute atomic E-state index is 11.9. The van der Waals surface area contributed by atoms with E-state index in [1.54, 1.807) is 22.6 Å². The Morgan fingerprint density at radius 2 is 2.00 bits per heavy atom. The average Bonchev–Trinajstić information content (AvgIpc) is 2.06. The Labute approximate surface area is 91.4 Å². The molecule has 78 valence electrons. The van der Waals surface area contributed by atoms with Crippen molar-refractivity contribution < 1.29 is 22.6 Å². The molecule has 0 aromatic carbocycles. The lowest BCUT2D eigenvalue weighted by molar-refractivity contribution is -0.276. The molecule has 0 saturated carbocycles. The number of alkyl halides is 3. The highest BCUT2D eigenvalue weighted by Crippen LogP contribution is 2.27. The molecule has 0 radical (unpaired) electrons. The van der Waals surface area contributed by atoms with Gasteiger partial charge in [-0.15, -0.1) is 13.2 Å². The highest BCUT2D eigenvalue weighted by Gasteiger charge is 2.32. The monoisotopic (exact) mass is 319 g/mol. The van der Waals surface area contributed by atoms with E-state index in [0.29, 0.717) is 0 Å².